The Bertz CT molecular complexity index is 500. The van der Waals surface area contributed by atoms with Crippen molar-refractivity contribution >= 4 is 17.2 Å². The summed E-state index contributed by atoms with van der Waals surface area (Å²) in [4.78, 5) is 4.06. The number of ether oxygens (including phenoxy) is 1. The lowest BCUT2D eigenvalue weighted by Gasteiger charge is -2.07. The lowest BCUT2D eigenvalue weighted by atomic mass is 10.3. The van der Waals surface area contributed by atoms with Gasteiger partial charge in [0.05, 0.1) is 11.9 Å². The smallest absolute Gasteiger partial charge is 0.387 e. The molecule has 6 heteroatoms. The van der Waals surface area contributed by atoms with E-state index < -0.39 is 6.61 Å². The van der Waals surface area contributed by atoms with Crippen molar-refractivity contribution in [2.75, 3.05) is 11.1 Å². The maximum atomic E-state index is 11.9. The summed E-state index contributed by atoms with van der Waals surface area (Å²) in [6, 6.07) is 9.58. The van der Waals surface area contributed by atoms with Gasteiger partial charge in [-0.2, -0.15) is 8.78 Å². The minimum absolute atomic E-state index is 0.112. The topological polar surface area (TPSA) is 60.2 Å². The van der Waals surface area contributed by atoms with Gasteiger partial charge in [0.1, 0.15) is 11.6 Å². The van der Waals surface area contributed by atoms with Gasteiger partial charge < -0.3 is 15.8 Å². The van der Waals surface area contributed by atoms with Gasteiger partial charge in [-0.15, -0.1) is 0 Å². The number of nitrogens with two attached hydrogens (primary N) is 1. The Hall–Kier alpha value is -2.37. The van der Waals surface area contributed by atoms with Gasteiger partial charge in [-0.05, 0) is 36.4 Å². The van der Waals surface area contributed by atoms with Crippen molar-refractivity contribution in [1.82, 2.24) is 4.98 Å². The van der Waals surface area contributed by atoms with Gasteiger partial charge in [0.25, 0.3) is 0 Å². The molecule has 2 aromatic rings. The quantitative estimate of drug-likeness (QED) is 0.876. The van der Waals surface area contributed by atoms with Crippen LogP contribution < -0.4 is 15.8 Å². The first-order valence-corrected chi connectivity index (χ1v) is 5.17. The predicted octanol–water partition coefficient (Wildman–Crippen LogP) is 3.01. The van der Waals surface area contributed by atoms with Gasteiger partial charge in [0.15, 0.2) is 0 Å². The summed E-state index contributed by atoms with van der Waals surface area (Å²) in [5, 5.41) is 3.00. The van der Waals surface area contributed by atoms with Crippen LogP contribution in [-0.2, 0) is 0 Å². The number of alkyl halides is 2. The summed E-state index contributed by atoms with van der Waals surface area (Å²) in [5.74, 6) is 0.729. The highest BCUT2D eigenvalue weighted by molar-refractivity contribution is 5.58. The van der Waals surface area contributed by atoms with Crippen molar-refractivity contribution in [3.63, 3.8) is 0 Å². The van der Waals surface area contributed by atoms with Crippen molar-refractivity contribution < 1.29 is 13.5 Å². The van der Waals surface area contributed by atoms with Crippen LogP contribution >= 0.6 is 0 Å². The largest absolute Gasteiger partial charge is 0.435 e. The molecule has 0 aliphatic carbocycles. The van der Waals surface area contributed by atoms with Crippen LogP contribution in [0.4, 0.5) is 26.0 Å². The molecule has 0 aliphatic rings. The van der Waals surface area contributed by atoms with E-state index in [1.165, 1.54) is 18.3 Å². The fourth-order valence-electron chi connectivity index (χ4n) is 1.35. The van der Waals surface area contributed by atoms with Gasteiger partial charge in [-0.25, -0.2) is 4.98 Å². The van der Waals surface area contributed by atoms with Crippen molar-refractivity contribution in [2.45, 2.75) is 6.61 Å². The summed E-state index contributed by atoms with van der Waals surface area (Å²) in [7, 11) is 0. The van der Waals surface area contributed by atoms with E-state index in [1.54, 1.807) is 24.3 Å². The van der Waals surface area contributed by atoms with Crippen molar-refractivity contribution in [3.05, 3.63) is 42.6 Å². The number of pyridine rings is 1. The molecule has 0 amide bonds. The van der Waals surface area contributed by atoms with Crippen LogP contribution in [0.2, 0.25) is 0 Å². The molecule has 2 rings (SSSR count). The molecule has 0 atom stereocenters. The van der Waals surface area contributed by atoms with Crippen LogP contribution in [0.1, 0.15) is 0 Å². The molecule has 4 nitrogen and oxygen atoms in total. The molecule has 0 unspecified atom stereocenters. The van der Waals surface area contributed by atoms with E-state index in [0.717, 1.165) is 0 Å². The van der Waals surface area contributed by atoms with Gasteiger partial charge in [-0.3, -0.25) is 0 Å². The maximum Gasteiger partial charge on any atom is 0.387 e. The molecular formula is C12H11F2N3O. The van der Waals surface area contributed by atoms with E-state index in [0.29, 0.717) is 17.2 Å². The molecule has 0 spiro atoms. The predicted molar refractivity (Wildman–Crippen MR) is 65.0 cm³/mol. The average molecular weight is 251 g/mol. The minimum Gasteiger partial charge on any atom is -0.435 e. The molecule has 0 radical (unpaired) electrons. The van der Waals surface area contributed by atoms with Crippen LogP contribution in [-0.4, -0.2) is 11.6 Å². The number of hydrogen-bond donors (Lipinski definition) is 2. The van der Waals surface area contributed by atoms with E-state index in [9.17, 15) is 8.78 Å². The molecule has 0 bridgehead atoms. The molecule has 1 aromatic heterocycles. The van der Waals surface area contributed by atoms with Crippen molar-refractivity contribution in [3.8, 4) is 5.75 Å². The second-order valence-corrected chi connectivity index (χ2v) is 3.50. The Morgan fingerprint density at radius 2 is 1.83 bits per heavy atom. The third kappa shape index (κ3) is 3.31. The molecule has 94 valence electrons. The van der Waals surface area contributed by atoms with E-state index in [-0.39, 0.29) is 5.75 Å². The molecule has 0 saturated carbocycles. The van der Waals surface area contributed by atoms with Gasteiger partial charge >= 0.3 is 6.61 Å². The van der Waals surface area contributed by atoms with Crippen LogP contribution in [0, 0.1) is 0 Å². The van der Waals surface area contributed by atoms with Crippen molar-refractivity contribution in [2.24, 2.45) is 0 Å². The number of aromatic nitrogens is 1. The summed E-state index contributed by atoms with van der Waals surface area (Å²) in [5.41, 5.74) is 6.80. The number of halogens is 2. The Balaban J connectivity index is 2.04. The molecule has 0 fully saturated rings. The average Bonchev–Trinajstić information content (AvgIpc) is 2.34. The third-order valence-electron chi connectivity index (χ3n) is 2.14. The SMILES string of the molecule is Nc1ccc(Nc2ccc(OC(F)F)cc2)nc1. The number of benzene rings is 1. The molecule has 1 aromatic carbocycles. The number of anilines is 3. The zero-order valence-electron chi connectivity index (χ0n) is 9.31. The van der Waals surface area contributed by atoms with Crippen LogP contribution in [0.25, 0.3) is 0 Å². The lowest BCUT2D eigenvalue weighted by molar-refractivity contribution is -0.0498. The fraction of sp³-hybridized carbons (Fsp3) is 0.0833. The Morgan fingerprint density at radius 1 is 1.11 bits per heavy atom. The molecule has 0 aliphatic heterocycles. The summed E-state index contributed by atoms with van der Waals surface area (Å²) >= 11 is 0. The third-order valence-corrected chi connectivity index (χ3v) is 2.14. The van der Waals surface area contributed by atoms with Crippen LogP contribution in [0.3, 0.4) is 0 Å². The fourth-order valence-corrected chi connectivity index (χ4v) is 1.35. The summed E-state index contributed by atoms with van der Waals surface area (Å²) in [6.07, 6.45) is 1.52. The van der Waals surface area contributed by atoms with Gasteiger partial charge in [0, 0.05) is 5.69 Å². The number of nitrogens with one attached hydrogen (secondary N) is 1. The normalized spacial score (nSPS) is 10.4. The standard InChI is InChI=1S/C12H11F2N3O/c13-12(14)18-10-4-2-9(3-5-10)17-11-6-1-8(15)7-16-11/h1-7,12H,15H2,(H,16,17). The maximum absolute atomic E-state index is 11.9. The number of hydrogen-bond acceptors (Lipinski definition) is 4. The second kappa shape index (κ2) is 5.31. The zero-order chi connectivity index (χ0) is 13.0. The molecular weight excluding hydrogens is 240 g/mol. The minimum atomic E-state index is -2.82. The first-order valence-electron chi connectivity index (χ1n) is 5.17. The van der Waals surface area contributed by atoms with E-state index in [2.05, 4.69) is 15.0 Å². The lowest BCUT2D eigenvalue weighted by Crippen LogP contribution is -2.01. The summed E-state index contributed by atoms with van der Waals surface area (Å²) < 4.78 is 28.1. The number of nitrogens with zero attached hydrogens (tertiary/aromatic N) is 1. The van der Waals surface area contributed by atoms with E-state index >= 15 is 0 Å². The van der Waals surface area contributed by atoms with Crippen LogP contribution in [0.15, 0.2) is 42.6 Å². The molecule has 18 heavy (non-hydrogen) atoms. The van der Waals surface area contributed by atoms with Crippen LogP contribution in [0.5, 0.6) is 5.75 Å². The van der Waals surface area contributed by atoms with E-state index in [1.807, 2.05) is 0 Å². The first-order chi connectivity index (χ1) is 8.63. The van der Waals surface area contributed by atoms with E-state index in [4.69, 9.17) is 5.73 Å². The van der Waals surface area contributed by atoms with Gasteiger partial charge in [-0.1, -0.05) is 0 Å². The van der Waals surface area contributed by atoms with Crippen molar-refractivity contribution in [1.29, 1.82) is 0 Å². The second-order valence-electron chi connectivity index (χ2n) is 3.50. The zero-order valence-corrected chi connectivity index (χ0v) is 9.31. The molecule has 3 N–H and O–H groups in total. The first kappa shape index (κ1) is 12.1. The number of nitrogen functional groups attached to an aromatic ring is 1. The number of rotatable bonds is 4. The monoisotopic (exact) mass is 251 g/mol. The van der Waals surface area contributed by atoms with Gasteiger partial charge in [0.2, 0.25) is 0 Å². The Kier molecular flexibility index (Phi) is 3.57. The molecule has 0 saturated heterocycles. The Morgan fingerprint density at radius 3 is 2.39 bits per heavy atom. The highest BCUT2D eigenvalue weighted by Crippen LogP contribution is 2.20. The Labute approximate surface area is 102 Å². The highest BCUT2D eigenvalue weighted by Gasteiger charge is 2.03. The molecule has 1 heterocycles. The highest BCUT2D eigenvalue weighted by atomic mass is 19.3. The summed E-state index contributed by atoms with van der Waals surface area (Å²) in [6.45, 7) is -2.82.